The molecule has 1 unspecified atom stereocenters. The second-order valence-electron chi connectivity index (χ2n) is 11.2. The van der Waals surface area contributed by atoms with Crippen molar-refractivity contribution in [3.8, 4) is 0 Å². The van der Waals surface area contributed by atoms with Crippen LogP contribution in [0.4, 0.5) is 0 Å². The van der Waals surface area contributed by atoms with E-state index in [1.165, 1.54) is 19.3 Å². The van der Waals surface area contributed by atoms with Crippen molar-refractivity contribution in [2.24, 2.45) is 23.2 Å². The lowest BCUT2D eigenvalue weighted by molar-refractivity contribution is -0.159. The van der Waals surface area contributed by atoms with E-state index < -0.39 is 0 Å². The highest BCUT2D eigenvalue weighted by atomic mass is 16.5. The van der Waals surface area contributed by atoms with Gasteiger partial charge in [0.05, 0.1) is 18.6 Å². The Labute approximate surface area is 184 Å². The molecular weight excluding hydrogens is 392 g/mol. The van der Waals surface area contributed by atoms with Crippen LogP contribution in [0, 0.1) is 23.2 Å². The number of ether oxygens (including phenoxy) is 1. The normalized spacial score (nSPS) is 36.9. The molecule has 0 radical (unpaired) electrons. The number of hydrogen-bond donors (Lipinski definition) is 0. The smallest absolute Gasteiger partial charge is 0.346 e. The molecule has 6 aliphatic rings. The fourth-order valence-corrected chi connectivity index (χ4v) is 7.80. The molecular formula is C24H36N4O3. The van der Waals surface area contributed by atoms with Gasteiger partial charge in [0.15, 0.2) is 0 Å². The average molecular weight is 429 g/mol. The first-order valence-electron chi connectivity index (χ1n) is 12.5. The van der Waals surface area contributed by atoms with Crippen LogP contribution in [0.1, 0.15) is 82.0 Å². The van der Waals surface area contributed by atoms with E-state index in [0.717, 1.165) is 81.6 Å². The minimum Gasteiger partial charge on any atom is -0.383 e. The topological polar surface area (TPSA) is 69.4 Å². The first kappa shape index (κ1) is 20.0. The molecule has 170 valence electrons. The Morgan fingerprint density at radius 2 is 1.77 bits per heavy atom. The number of carbonyl (C=O) groups is 1. The summed E-state index contributed by atoms with van der Waals surface area (Å²) < 4.78 is 8.70. The summed E-state index contributed by atoms with van der Waals surface area (Å²) >= 11 is 0. The Kier molecular flexibility index (Phi) is 4.82. The zero-order valence-electron chi connectivity index (χ0n) is 18.8. The van der Waals surface area contributed by atoms with E-state index in [-0.39, 0.29) is 17.0 Å². The summed E-state index contributed by atoms with van der Waals surface area (Å²) in [6.07, 6.45) is 11.6. The van der Waals surface area contributed by atoms with Gasteiger partial charge in [0.25, 0.3) is 0 Å². The standard InChI is InChI=1S/C24H36N4O3/c1-31-8-7-27-23(30)28(20-4-5-20)21(25-27)19-3-2-6-26(15-19)22(29)24-12-16-9-17(13-24)11-18(10-16)14-24/h16-20H,2-15H2,1H3. The molecule has 7 nitrogen and oxygen atoms in total. The maximum Gasteiger partial charge on any atom is 0.346 e. The van der Waals surface area contributed by atoms with Crippen LogP contribution in [0.15, 0.2) is 4.79 Å². The fourth-order valence-electron chi connectivity index (χ4n) is 7.80. The summed E-state index contributed by atoms with van der Waals surface area (Å²) in [4.78, 5) is 29.0. The van der Waals surface area contributed by atoms with Crippen molar-refractivity contribution in [1.82, 2.24) is 19.2 Å². The van der Waals surface area contributed by atoms with Crippen molar-refractivity contribution >= 4 is 5.91 Å². The number of carbonyl (C=O) groups excluding carboxylic acids is 1. The first-order valence-corrected chi connectivity index (χ1v) is 12.5. The number of methoxy groups -OCH3 is 1. The third kappa shape index (κ3) is 3.38. The zero-order valence-corrected chi connectivity index (χ0v) is 18.8. The van der Waals surface area contributed by atoms with E-state index in [2.05, 4.69) is 4.90 Å². The molecule has 4 bridgehead atoms. The highest BCUT2D eigenvalue weighted by Crippen LogP contribution is 2.60. The predicted octanol–water partition coefficient (Wildman–Crippen LogP) is 2.95. The molecule has 5 aliphatic carbocycles. The van der Waals surface area contributed by atoms with Gasteiger partial charge in [-0.15, -0.1) is 0 Å². The summed E-state index contributed by atoms with van der Waals surface area (Å²) in [5, 5.41) is 4.77. The van der Waals surface area contributed by atoms with Crippen LogP contribution in [-0.2, 0) is 16.1 Å². The second kappa shape index (κ2) is 7.46. The molecule has 31 heavy (non-hydrogen) atoms. The van der Waals surface area contributed by atoms with E-state index in [0.29, 0.717) is 25.1 Å². The van der Waals surface area contributed by atoms with Crippen molar-refractivity contribution < 1.29 is 9.53 Å². The van der Waals surface area contributed by atoms with Crippen molar-refractivity contribution in [2.75, 3.05) is 26.8 Å². The molecule has 6 fully saturated rings. The van der Waals surface area contributed by atoms with Gasteiger partial charge < -0.3 is 9.64 Å². The van der Waals surface area contributed by atoms with E-state index >= 15 is 0 Å². The molecule has 1 saturated heterocycles. The highest BCUT2D eigenvalue weighted by molar-refractivity contribution is 5.83. The minimum atomic E-state index is -0.0787. The van der Waals surface area contributed by atoms with Crippen LogP contribution in [-0.4, -0.2) is 52.0 Å². The quantitative estimate of drug-likeness (QED) is 0.699. The van der Waals surface area contributed by atoms with E-state index in [9.17, 15) is 9.59 Å². The van der Waals surface area contributed by atoms with Crippen LogP contribution < -0.4 is 5.69 Å². The third-order valence-corrected chi connectivity index (χ3v) is 8.88. The van der Waals surface area contributed by atoms with Gasteiger partial charge in [0.2, 0.25) is 5.91 Å². The van der Waals surface area contributed by atoms with Gasteiger partial charge in [-0.3, -0.25) is 9.36 Å². The van der Waals surface area contributed by atoms with Crippen LogP contribution in [0.2, 0.25) is 0 Å². The number of amides is 1. The number of likely N-dealkylation sites (tertiary alicyclic amines) is 1. The fraction of sp³-hybridized carbons (Fsp3) is 0.875. The Hall–Kier alpha value is -1.63. The summed E-state index contributed by atoms with van der Waals surface area (Å²) in [6.45, 7) is 2.58. The van der Waals surface area contributed by atoms with Gasteiger partial charge in [-0.05, 0) is 82.0 Å². The molecule has 1 aromatic rings. The maximum atomic E-state index is 13.9. The van der Waals surface area contributed by atoms with Gasteiger partial charge in [-0.25, -0.2) is 9.48 Å². The minimum absolute atomic E-state index is 0.000848. The van der Waals surface area contributed by atoms with Crippen LogP contribution in [0.25, 0.3) is 0 Å². The zero-order chi connectivity index (χ0) is 21.2. The number of hydrogen-bond acceptors (Lipinski definition) is 4. The molecule has 1 aliphatic heterocycles. The molecule has 7 heteroatoms. The number of piperidine rings is 1. The van der Waals surface area contributed by atoms with Crippen LogP contribution >= 0.6 is 0 Å². The molecule has 7 rings (SSSR count). The van der Waals surface area contributed by atoms with E-state index in [1.54, 1.807) is 11.8 Å². The lowest BCUT2D eigenvalue weighted by Crippen LogP contribution is -2.56. The van der Waals surface area contributed by atoms with Gasteiger partial charge >= 0.3 is 5.69 Å². The van der Waals surface area contributed by atoms with Gasteiger partial charge in [-0.2, -0.15) is 5.10 Å². The monoisotopic (exact) mass is 428 g/mol. The summed E-state index contributed by atoms with van der Waals surface area (Å²) in [6, 6.07) is 0.299. The molecule has 1 aromatic heterocycles. The molecule has 1 amide bonds. The highest BCUT2D eigenvalue weighted by Gasteiger charge is 2.56. The van der Waals surface area contributed by atoms with E-state index in [1.807, 2.05) is 4.57 Å². The molecule has 0 N–H and O–H groups in total. The molecule has 2 heterocycles. The largest absolute Gasteiger partial charge is 0.383 e. The Balaban J connectivity index is 1.24. The average Bonchev–Trinajstić information content (AvgIpc) is 3.54. The summed E-state index contributed by atoms with van der Waals surface area (Å²) in [5.41, 5.74) is -0.0796. The molecule has 1 atom stereocenters. The van der Waals surface area contributed by atoms with Gasteiger partial charge in [0, 0.05) is 32.2 Å². The summed E-state index contributed by atoms with van der Waals surface area (Å²) in [7, 11) is 1.65. The second-order valence-corrected chi connectivity index (χ2v) is 11.2. The number of aromatic nitrogens is 3. The lowest BCUT2D eigenvalue weighted by atomic mass is 9.49. The Morgan fingerprint density at radius 1 is 1.10 bits per heavy atom. The lowest BCUT2D eigenvalue weighted by Gasteiger charge is -2.57. The molecule has 5 saturated carbocycles. The van der Waals surface area contributed by atoms with E-state index in [4.69, 9.17) is 9.84 Å². The molecule has 0 spiro atoms. The Morgan fingerprint density at radius 3 is 2.39 bits per heavy atom. The third-order valence-electron chi connectivity index (χ3n) is 8.88. The van der Waals surface area contributed by atoms with Crippen LogP contribution in [0.5, 0.6) is 0 Å². The van der Waals surface area contributed by atoms with Crippen molar-refractivity contribution in [1.29, 1.82) is 0 Å². The van der Waals surface area contributed by atoms with Crippen LogP contribution in [0.3, 0.4) is 0 Å². The van der Waals surface area contributed by atoms with Crippen molar-refractivity contribution in [3.63, 3.8) is 0 Å². The Bertz CT molecular complexity index is 879. The van der Waals surface area contributed by atoms with Crippen molar-refractivity contribution in [2.45, 2.75) is 82.7 Å². The van der Waals surface area contributed by atoms with Gasteiger partial charge in [0.1, 0.15) is 5.82 Å². The SMILES string of the molecule is COCCn1nc(C2CCCN(C(=O)C34CC5CC(CC(C5)C3)C4)C2)n(C2CC2)c1=O. The number of rotatable bonds is 6. The maximum absolute atomic E-state index is 13.9. The number of nitrogens with zero attached hydrogens (tertiary/aromatic N) is 4. The van der Waals surface area contributed by atoms with Gasteiger partial charge in [-0.1, -0.05) is 0 Å². The van der Waals surface area contributed by atoms with Crippen molar-refractivity contribution in [3.05, 3.63) is 16.3 Å². The first-order chi connectivity index (χ1) is 15.1. The summed E-state index contributed by atoms with van der Waals surface area (Å²) in [5.74, 6) is 3.86. The molecule has 0 aromatic carbocycles. The predicted molar refractivity (Wildman–Crippen MR) is 116 cm³/mol.